The van der Waals surface area contributed by atoms with E-state index in [-0.39, 0.29) is 24.0 Å². The molecule has 126 valence electrons. The van der Waals surface area contributed by atoms with Gasteiger partial charge in [0.25, 0.3) is 0 Å². The third kappa shape index (κ3) is 4.08. The first-order valence-corrected chi connectivity index (χ1v) is 9.09. The minimum atomic E-state index is -3.44. The van der Waals surface area contributed by atoms with Crippen LogP contribution in [-0.2, 0) is 14.8 Å². The van der Waals surface area contributed by atoms with Crippen molar-refractivity contribution in [3.05, 3.63) is 29.8 Å². The molecule has 1 aromatic rings. The van der Waals surface area contributed by atoms with Gasteiger partial charge in [0, 0.05) is 19.2 Å². The van der Waals surface area contributed by atoms with Crippen molar-refractivity contribution in [2.75, 3.05) is 26.4 Å². The SMILES string of the molecule is CN(CC(=O)c1ccc(O)cc1)C(=O)C1CCCN1S(C)(=O)=O. The van der Waals surface area contributed by atoms with E-state index in [2.05, 4.69) is 0 Å². The number of benzene rings is 1. The maximum atomic E-state index is 12.5. The summed E-state index contributed by atoms with van der Waals surface area (Å²) in [6.45, 7) is 0.187. The number of likely N-dealkylation sites (N-methyl/N-ethyl adjacent to an activating group) is 1. The highest BCUT2D eigenvalue weighted by molar-refractivity contribution is 7.88. The summed E-state index contributed by atoms with van der Waals surface area (Å²) in [6.07, 6.45) is 2.17. The molecule has 1 atom stereocenters. The summed E-state index contributed by atoms with van der Waals surface area (Å²) in [7, 11) is -1.96. The largest absolute Gasteiger partial charge is 0.508 e. The number of sulfonamides is 1. The van der Waals surface area contributed by atoms with Crippen molar-refractivity contribution < 1.29 is 23.1 Å². The summed E-state index contributed by atoms with van der Waals surface area (Å²) in [6, 6.07) is 5.03. The summed E-state index contributed by atoms with van der Waals surface area (Å²) in [5.74, 6) is -0.592. The van der Waals surface area contributed by atoms with Crippen LogP contribution in [0.4, 0.5) is 0 Å². The second-order valence-electron chi connectivity index (χ2n) is 5.70. The van der Waals surface area contributed by atoms with Crippen LogP contribution in [-0.4, -0.2) is 66.9 Å². The Morgan fingerprint density at radius 3 is 2.48 bits per heavy atom. The molecule has 0 spiro atoms. The molecule has 23 heavy (non-hydrogen) atoms. The average Bonchev–Trinajstić information content (AvgIpc) is 2.96. The first-order chi connectivity index (χ1) is 10.7. The lowest BCUT2D eigenvalue weighted by molar-refractivity contribution is -0.132. The number of hydrogen-bond acceptors (Lipinski definition) is 5. The average molecular weight is 340 g/mol. The standard InChI is InChI=1S/C15H20N2O5S/c1-16(10-14(19)11-5-7-12(18)8-6-11)15(20)13-4-3-9-17(13)23(2,21)22/h5-8,13,18H,3-4,9-10H2,1-2H3. The second-order valence-corrected chi connectivity index (χ2v) is 7.63. The van der Waals surface area contributed by atoms with E-state index in [4.69, 9.17) is 0 Å². The molecule has 1 heterocycles. The number of ketones is 1. The third-order valence-corrected chi connectivity index (χ3v) is 5.15. The fourth-order valence-corrected chi connectivity index (χ4v) is 3.79. The van der Waals surface area contributed by atoms with Crippen LogP contribution in [0.15, 0.2) is 24.3 Å². The number of carbonyl (C=O) groups is 2. The molecule has 0 bridgehead atoms. The molecule has 0 saturated carbocycles. The van der Waals surface area contributed by atoms with E-state index in [0.29, 0.717) is 24.9 Å². The molecule has 1 saturated heterocycles. The summed E-state index contributed by atoms with van der Waals surface area (Å²) >= 11 is 0. The summed E-state index contributed by atoms with van der Waals surface area (Å²) in [5.41, 5.74) is 0.383. The Morgan fingerprint density at radius 1 is 1.30 bits per heavy atom. The smallest absolute Gasteiger partial charge is 0.241 e. The number of nitrogens with zero attached hydrogens (tertiary/aromatic N) is 2. The molecule has 1 unspecified atom stereocenters. The fraction of sp³-hybridized carbons (Fsp3) is 0.467. The van der Waals surface area contributed by atoms with Gasteiger partial charge in [0.15, 0.2) is 5.78 Å². The van der Waals surface area contributed by atoms with Crippen LogP contribution < -0.4 is 0 Å². The highest BCUT2D eigenvalue weighted by Gasteiger charge is 2.38. The number of phenols is 1. The van der Waals surface area contributed by atoms with Crippen LogP contribution in [0.1, 0.15) is 23.2 Å². The van der Waals surface area contributed by atoms with Crippen LogP contribution in [0.2, 0.25) is 0 Å². The lowest BCUT2D eigenvalue weighted by atomic mass is 10.1. The van der Waals surface area contributed by atoms with Crippen molar-refractivity contribution in [1.82, 2.24) is 9.21 Å². The van der Waals surface area contributed by atoms with Gasteiger partial charge in [-0.15, -0.1) is 0 Å². The highest BCUT2D eigenvalue weighted by atomic mass is 32.2. The first kappa shape index (κ1) is 17.4. The molecule has 0 aliphatic carbocycles. The normalized spacial score (nSPS) is 18.8. The van der Waals surface area contributed by atoms with E-state index in [1.54, 1.807) is 0 Å². The molecule has 7 nitrogen and oxygen atoms in total. The van der Waals surface area contributed by atoms with Crippen LogP contribution in [0.25, 0.3) is 0 Å². The highest BCUT2D eigenvalue weighted by Crippen LogP contribution is 2.22. The number of amides is 1. The topological polar surface area (TPSA) is 95.0 Å². The Hall–Kier alpha value is -1.93. The summed E-state index contributed by atoms with van der Waals surface area (Å²) < 4.78 is 24.6. The van der Waals surface area contributed by atoms with Crippen molar-refractivity contribution >= 4 is 21.7 Å². The van der Waals surface area contributed by atoms with Crippen molar-refractivity contribution in [2.24, 2.45) is 0 Å². The Morgan fingerprint density at radius 2 is 1.91 bits per heavy atom. The molecule has 1 aliphatic heterocycles. The van der Waals surface area contributed by atoms with Crippen molar-refractivity contribution in [2.45, 2.75) is 18.9 Å². The molecule has 0 aromatic heterocycles. The molecule has 2 rings (SSSR count). The molecule has 1 fully saturated rings. The van der Waals surface area contributed by atoms with E-state index in [1.807, 2.05) is 0 Å². The molecule has 8 heteroatoms. The first-order valence-electron chi connectivity index (χ1n) is 7.24. The van der Waals surface area contributed by atoms with Gasteiger partial charge in [-0.3, -0.25) is 9.59 Å². The van der Waals surface area contributed by atoms with Gasteiger partial charge in [-0.25, -0.2) is 8.42 Å². The van der Waals surface area contributed by atoms with E-state index in [1.165, 1.54) is 40.5 Å². The van der Waals surface area contributed by atoms with Gasteiger partial charge in [0.05, 0.1) is 12.8 Å². The number of Topliss-reactive ketones (excluding diaryl/α,β-unsaturated/α-hetero) is 1. The number of hydrogen-bond donors (Lipinski definition) is 1. The second kappa shape index (κ2) is 6.67. The zero-order chi connectivity index (χ0) is 17.2. The van der Waals surface area contributed by atoms with Crippen molar-refractivity contribution in [3.8, 4) is 5.75 Å². The molecular formula is C15H20N2O5S. The lowest BCUT2D eigenvalue weighted by Gasteiger charge is -2.26. The molecule has 1 aromatic carbocycles. The quantitative estimate of drug-likeness (QED) is 0.786. The zero-order valence-electron chi connectivity index (χ0n) is 13.1. The summed E-state index contributed by atoms with van der Waals surface area (Å²) in [4.78, 5) is 25.9. The molecule has 1 amide bonds. The van der Waals surface area contributed by atoms with Gasteiger partial charge >= 0.3 is 0 Å². The monoisotopic (exact) mass is 340 g/mol. The predicted molar refractivity (Wildman–Crippen MR) is 84.6 cm³/mol. The van der Waals surface area contributed by atoms with Crippen LogP contribution in [0.3, 0.4) is 0 Å². The lowest BCUT2D eigenvalue weighted by Crippen LogP contribution is -2.47. The minimum Gasteiger partial charge on any atom is -0.508 e. The summed E-state index contributed by atoms with van der Waals surface area (Å²) in [5, 5.41) is 9.22. The van der Waals surface area contributed by atoms with Crippen LogP contribution >= 0.6 is 0 Å². The number of carbonyl (C=O) groups excluding carboxylic acids is 2. The van der Waals surface area contributed by atoms with Gasteiger partial charge in [-0.05, 0) is 37.1 Å². The van der Waals surface area contributed by atoms with Gasteiger partial charge in [-0.1, -0.05) is 0 Å². The molecule has 0 radical (unpaired) electrons. The Bertz CT molecular complexity index is 699. The number of rotatable bonds is 5. The Kier molecular flexibility index (Phi) is 5.06. The van der Waals surface area contributed by atoms with Crippen molar-refractivity contribution in [1.29, 1.82) is 0 Å². The predicted octanol–water partition coefficient (Wildman–Crippen LogP) is 0.457. The molecule has 1 aliphatic rings. The number of phenolic OH excluding ortho intramolecular Hbond substituents is 1. The third-order valence-electron chi connectivity index (χ3n) is 3.86. The molecule has 1 N–H and O–H groups in total. The fourth-order valence-electron chi connectivity index (χ4n) is 2.67. The zero-order valence-corrected chi connectivity index (χ0v) is 13.9. The Balaban J connectivity index is 2.05. The Labute approximate surface area is 135 Å². The molecular weight excluding hydrogens is 320 g/mol. The minimum absolute atomic E-state index is 0.0562. The van der Waals surface area contributed by atoms with E-state index in [9.17, 15) is 23.1 Å². The van der Waals surface area contributed by atoms with E-state index >= 15 is 0 Å². The van der Waals surface area contributed by atoms with Gasteiger partial charge < -0.3 is 10.0 Å². The van der Waals surface area contributed by atoms with Crippen LogP contribution in [0.5, 0.6) is 5.75 Å². The van der Waals surface area contributed by atoms with E-state index < -0.39 is 16.1 Å². The maximum Gasteiger partial charge on any atom is 0.241 e. The van der Waals surface area contributed by atoms with Gasteiger partial charge in [-0.2, -0.15) is 4.31 Å². The van der Waals surface area contributed by atoms with Crippen molar-refractivity contribution in [3.63, 3.8) is 0 Å². The van der Waals surface area contributed by atoms with Gasteiger partial charge in [0.2, 0.25) is 15.9 Å². The van der Waals surface area contributed by atoms with Gasteiger partial charge in [0.1, 0.15) is 11.8 Å². The van der Waals surface area contributed by atoms with Crippen LogP contribution in [0, 0.1) is 0 Å². The number of aromatic hydroxyl groups is 1. The maximum absolute atomic E-state index is 12.5. The van der Waals surface area contributed by atoms with E-state index in [0.717, 1.165) is 6.26 Å².